The lowest BCUT2D eigenvalue weighted by molar-refractivity contribution is -0.127. The Labute approximate surface area is 102 Å². The first-order valence-electron chi connectivity index (χ1n) is 6.57. The van der Waals surface area contributed by atoms with Gasteiger partial charge in [0.1, 0.15) is 6.04 Å². The molecule has 3 unspecified atom stereocenters. The Hall–Kier alpha value is -0.650. The van der Waals surface area contributed by atoms with E-state index in [2.05, 4.69) is 10.6 Å². The summed E-state index contributed by atoms with van der Waals surface area (Å²) in [6, 6.07) is -0.354. The van der Waals surface area contributed by atoms with E-state index >= 15 is 0 Å². The molecule has 1 aliphatic carbocycles. The van der Waals surface area contributed by atoms with Crippen LogP contribution in [-0.4, -0.2) is 49.0 Å². The van der Waals surface area contributed by atoms with Crippen LogP contribution in [0, 0.1) is 0 Å². The Bertz CT molecular complexity index is 254. The van der Waals surface area contributed by atoms with Crippen molar-refractivity contribution in [3.8, 4) is 0 Å². The van der Waals surface area contributed by atoms with Crippen molar-refractivity contribution in [2.24, 2.45) is 0 Å². The van der Waals surface area contributed by atoms with E-state index in [1.807, 2.05) is 0 Å². The fourth-order valence-electron chi connectivity index (χ4n) is 2.47. The molecule has 2 aliphatic rings. The highest BCUT2D eigenvalue weighted by Gasteiger charge is 2.27. The zero-order valence-corrected chi connectivity index (χ0v) is 10.2. The maximum Gasteiger partial charge on any atom is 0.239 e. The molecule has 5 heteroatoms. The minimum Gasteiger partial charge on any atom is -0.391 e. The monoisotopic (exact) mass is 242 g/mol. The molecule has 1 saturated carbocycles. The first-order valence-corrected chi connectivity index (χ1v) is 6.57. The van der Waals surface area contributed by atoms with Crippen LogP contribution in [-0.2, 0) is 9.53 Å². The predicted octanol–water partition coefficient (Wildman–Crippen LogP) is -0.215. The van der Waals surface area contributed by atoms with Crippen LogP contribution in [0.1, 0.15) is 32.1 Å². The van der Waals surface area contributed by atoms with Gasteiger partial charge in [0.2, 0.25) is 5.91 Å². The summed E-state index contributed by atoms with van der Waals surface area (Å²) in [5, 5.41) is 16.0. The van der Waals surface area contributed by atoms with Crippen LogP contribution in [0.2, 0.25) is 0 Å². The SMILES string of the molecule is O=C(NC1CCCCCC1O)C1COCCN1. The summed E-state index contributed by atoms with van der Waals surface area (Å²) < 4.78 is 5.26. The number of rotatable bonds is 2. The molecule has 3 atom stereocenters. The summed E-state index contributed by atoms with van der Waals surface area (Å²) in [5.41, 5.74) is 0. The average molecular weight is 242 g/mol. The third kappa shape index (κ3) is 3.66. The summed E-state index contributed by atoms with van der Waals surface area (Å²) in [6.45, 7) is 1.80. The van der Waals surface area contributed by atoms with E-state index in [1.54, 1.807) is 0 Å². The highest BCUT2D eigenvalue weighted by atomic mass is 16.5. The van der Waals surface area contributed by atoms with Gasteiger partial charge in [0.15, 0.2) is 0 Å². The molecule has 0 aromatic rings. The molecular formula is C12H22N2O3. The van der Waals surface area contributed by atoms with Gasteiger partial charge >= 0.3 is 0 Å². The second-order valence-electron chi connectivity index (χ2n) is 4.90. The molecule has 0 radical (unpaired) electrons. The second-order valence-corrected chi connectivity index (χ2v) is 4.90. The molecule has 2 rings (SSSR count). The standard InChI is InChI=1S/C12H22N2O3/c15-11-5-3-1-2-4-9(11)14-12(16)10-8-17-7-6-13-10/h9-11,13,15H,1-8H2,(H,14,16). The number of morpholine rings is 1. The average Bonchev–Trinajstić information content (AvgIpc) is 2.56. The fourth-order valence-corrected chi connectivity index (χ4v) is 2.47. The van der Waals surface area contributed by atoms with Gasteiger partial charge in [0.05, 0.1) is 25.4 Å². The van der Waals surface area contributed by atoms with Crippen LogP contribution in [0.15, 0.2) is 0 Å². The lowest BCUT2D eigenvalue weighted by Crippen LogP contribution is -2.55. The van der Waals surface area contributed by atoms with Crippen molar-refractivity contribution in [2.45, 2.75) is 50.3 Å². The summed E-state index contributed by atoms with van der Waals surface area (Å²) in [5.74, 6) is -0.0457. The largest absolute Gasteiger partial charge is 0.391 e. The molecule has 0 spiro atoms. The molecular weight excluding hydrogens is 220 g/mol. The molecule has 0 aromatic carbocycles. The van der Waals surface area contributed by atoms with Gasteiger partial charge in [-0.2, -0.15) is 0 Å². The van der Waals surface area contributed by atoms with Gasteiger partial charge < -0.3 is 20.5 Å². The Morgan fingerprint density at radius 1 is 1.29 bits per heavy atom. The zero-order valence-electron chi connectivity index (χ0n) is 10.2. The first-order chi connectivity index (χ1) is 8.27. The van der Waals surface area contributed by atoms with Gasteiger partial charge in [-0.1, -0.05) is 19.3 Å². The number of amides is 1. The second kappa shape index (κ2) is 6.33. The molecule has 5 nitrogen and oxygen atoms in total. The van der Waals surface area contributed by atoms with E-state index in [0.29, 0.717) is 19.8 Å². The quantitative estimate of drug-likeness (QED) is 0.586. The molecule has 1 heterocycles. The van der Waals surface area contributed by atoms with Gasteiger partial charge in [-0.25, -0.2) is 0 Å². The smallest absolute Gasteiger partial charge is 0.239 e. The predicted molar refractivity (Wildman–Crippen MR) is 63.6 cm³/mol. The van der Waals surface area contributed by atoms with Crippen molar-refractivity contribution < 1.29 is 14.6 Å². The fraction of sp³-hybridized carbons (Fsp3) is 0.917. The van der Waals surface area contributed by atoms with Crippen molar-refractivity contribution in [2.75, 3.05) is 19.8 Å². The van der Waals surface area contributed by atoms with Crippen LogP contribution in [0.3, 0.4) is 0 Å². The summed E-state index contributed by atoms with van der Waals surface area (Å²) in [6.07, 6.45) is 4.55. The van der Waals surface area contributed by atoms with Crippen LogP contribution in [0.4, 0.5) is 0 Å². The molecule has 1 amide bonds. The number of nitrogens with one attached hydrogen (secondary N) is 2. The molecule has 1 aliphatic heterocycles. The van der Waals surface area contributed by atoms with Crippen molar-refractivity contribution in [3.05, 3.63) is 0 Å². The highest BCUT2D eigenvalue weighted by Crippen LogP contribution is 2.18. The molecule has 0 aromatic heterocycles. The van der Waals surface area contributed by atoms with Crippen molar-refractivity contribution in [1.29, 1.82) is 0 Å². The van der Waals surface area contributed by atoms with Gasteiger partial charge in [0.25, 0.3) is 0 Å². The van der Waals surface area contributed by atoms with Gasteiger partial charge in [-0.3, -0.25) is 4.79 Å². The van der Waals surface area contributed by atoms with E-state index in [0.717, 1.165) is 32.1 Å². The highest BCUT2D eigenvalue weighted by molar-refractivity contribution is 5.82. The van der Waals surface area contributed by atoms with Crippen LogP contribution < -0.4 is 10.6 Å². The number of ether oxygens (including phenoxy) is 1. The minimum absolute atomic E-state index is 0.0457. The topological polar surface area (TPSA) is 70.6 Å². The van der Waals surface area contributed by atoms with E-state index in [1.165, 1.54) is 0 Å². The maximum absolute atomic E-state index is 12.0. The van der Waals surface area contributed by atoms with E-state index in [4.69, 9.17) is 4.74 Å². The Morgan fingerprint density at radius 2 is 2.12 bits per heavy atom. The molecule has 17 heavy (non-hydrogen) atoms. The van der Waals surface area contributed by atoms with Gasteiger partial charge in [0, 0.05) is 6.54 Å². The number of carbonyl (C=O) groups is 1. The van der Waals surface area contributed by atoms with Gasteiger partial charge in [-0.15, -0.1) is 0 Å². The molecule has 0 bridgehead atoms. The van der Waals surface area contributed by atoms with Crippen molar-refractivity contribution >= 4 is 5.91 Å². The number of aliphatic hydroxyl groups excluding tert-OH is 1. The lowest BCUT2D eigenvalue weighted by atomic mass is 10.1. The number of aliphatic hydroxyl groups is 1. The first kappa shape index (κ1) is 12.8. The number of hydrogen-bond donors (Lipinski definition) is 3. The maximum atomic E-state index is 12.0. The van der Waals surface area contributed by atoms with Gasteiger partial charge in [-0.05, 0) is 12.8 Å². The minimum atomic E-state index is -0.397. The van der Waals surface area contributed by atoms with E-state index in [-0.39, 0.29) is 18.0 Å². The zero-order chi connectivity index (χ0) is 12.1. The molecule has 1 saturated heterocycles. The summed E-state index contributed by atoms with van der Waals surface area (Å²) in [4.78, 5) is 12.0. The Morgan fingerprint density at radius 3 is 2.88 bits per heavy atom. The molecule has 98 valence electrons. The van der Waals surface area contributed by atoms with Crippen LogP contribution in [0.25, 0.3) is 0 Å². The number of carbonyl (C=O) groups excluding carboxylic acids is 1. The number of hydrogen-bond acceptors (Lipinski definition) is 4. The third-order valence-corrected chi connectivity index (χ3v) is 3.55. The van der Waals surface area contributed by atoms with Crippen LogP contribution >= 0.6 is 0 Å². The summed E-state index contributed by atoms with van der Waals surface area (Å²) in [7, 11) is 0. The lowest BCUT2D eigenvalue weighted by Gasteiger charge is -2.27. The normalized spacial score (nSPS) is 35.0. The van der Waals surface area contributed by atoms with Crippen LogP contribution in [0.5, 0.6) is 0 Å². The molecule has 2 fully saturated rings. The van der Waals surface area contributed by atoms with Crippen molar-refractivity contribution in [1.82, 2.24) is 10.6 Å². The van der Waals surface area contributed by atoms with Crippen molar-refractivity contribution in [3.63, 3.8) is 0 Å². The molecule has 3 N–H and O–H groups in total. The Kier molecular flexibility index (Phi) is 4.76. The third-order valence-electron chi connectivity index (χ3n) is 3.55. The van der Waals surface area contributed by atoms with E-state index in [9.17, 15) is 9.90 Å². The van der Waals surface area contributed by atoms with E-state index < -0.39 is 6.10 Å². The summed E-state index contributed by atoms with van der Waals surface area (Å²) >= 11 is 0. The Balaban J connectivity index is 1.83.